The van der Waals surface area contributed by atoms with Crippen LogP contribution in [0.25, 0.3) is 11.2 Å². The van der Waals surface area contributed by atoms with Crippen LogP contribution in [0, 0.1) is 17.8 Å². The Balaban J connectivity index is 1.88. The van der Waals surface area contributed by atoms with Gasteiger partial charge in [0.25, 0.3) is 0 Å². The maximum absolute atomic E-state index is 13.0. The first-order chi connectivity index (χ1) is 11.8. The summed E-state index contributed by atoms with van der Waals surface area (Å²) in [5.74, 6) is 7.37. The van der Waals surface area contributed by atoms with Crippen molar-refractivity contribution in [2.24, 2.45) is 5.92 Å². The van der Waals surface area contributed by atoms with Gasteiger partial charge in [0, 0.05) is 32.7 Å². The molecule has 0 bridgehead atoms. The van der Waals surface area contributed by atoms with E-state index in [0.29, 0.717) is 12.5 Å². The normalized spacial score (nSPS) is 17.8. The van der Waals surface area contributed by atoms with Crippen LogP contribution in [-0.4, -0.2) is 45.3 Å². The van der Waals surface area contributed by atoms with Gasteiger partial charge in [-0.05, 0) is 25.7 Å². The number of hydrogen-bond donors (Lipinski definition) is 1. The summed E-state index contributed by atoms with van der Waals surface area (Å²) in [5, 5.41) is 3.35. The van der Waals surface area contributed by atoms with E-state index in [1.807, 2.05) is 4.57 Å². The lowest BCUT2D eigenvalue weighted by atomic mass is 10.3. The standard InChI is InChI=1S/C17H22N6O/c1-2-3-8-22-14-15(21-9-6-18-7-10-21)19-12-20-16(14)23(17(22)24)11-13-4-5-13/h12-13,18H,4-11H2,1H3. The monoisotopic (exact) mass is 326 g/mol. The fraction of sp³-hybridized carbons (Fsp3) is 0.588. The lowest BCUT2D eigenvalue weighted by Gasteiger charge is -2.28. The minimum Gasteiger partial charge on any atom is -0.352 e. The summed E-state index contributed by atoms with van der Waals surface area (Å²) in [6.45, 7) is 6.54. The number of hydrogen-bond acceptors (Lipinski definition) is 5. The van der Waals surface area contributed by atoms with E-state index >= 15 is 0 Å². The van der Waals surface area contributed by atoms with Crippen LogP contribution in [0.5, 0.6) is 0 Å². The molecular formula is C17H22N6O. The van der Waals surface area contributed by atoms with Gasteiger partial charge in [-0.3, -0.25) is 9.13 Å². The number of fused-ring (bicyclic) bond motifs is 1. The van der Waals surface area contributed by atoms with Crippen LogP contribution < -0.4 is 15.9 Å². The Hall–Kier alpha value is -2.33. The highest BCUT2D eigenvalue weighted by Gasteiger charge is 2.27. The molecule has 0 unspecified atom stereocenters. The van der Waals surface area contributed by atoms with Gasteiger partial charge in [0.05, 0.1) is 6.54 Å². The van der Waals surface area contributed by atoms with E-state index in [1.54, 1.807) is 17.8 Å². The van der Waals surface area contributed by atoms with Crippen LogP contribution in [-0.2, 0) is 13.1 Å². The van der Waals surface area contributed by atoms with Crippen molar-refractivity contribution in [3.8, 4) is 11.8 Å². The van der Waals surface area contributed by atoms with Gasteiger partial charge >= 0.3 is 5.69 Å². The molecule has 0 atom stereocenters. The van der Waals surface area contributed by atoms with E-state index < -0.39 is 0 Å². The molecule has 1 saturated carbocycles. The van der Waals surface area contributed by atoms with Crippen molar-refractivity contribution in [2.75, 3.05) is 31.1 Å². The highest BCUT2D eigenvalue weighted by Crippen LogP contribution is 2.32. The van der Waals surface area contributed by atoms with Gasteiger partial charge in [-0.15, -0.1) is 5.92 Å². The largest absolute Gasteiger partial charge is 0.352 e. The minimum absolute atomic E-state index is 0.0171. The molecule has 3 heterocycles. The second kappa shape index (κ2) is 6.29. The zero-order valence-corrected chi connectivity index (χ0v) is 14.0. The second-order valence-corrected chi connectivity index (χ2v) is 6.46. The maximum atomic E-state index is 13.0. The molecule has 7 nitrogen and oxygen atoms in total. The first-order valence-electron chi connectivity index (χ1n) is 8.59. The van der Waals surface area contributed by atoms with Crippen molar-refractivity contribution in [3.63, 3.8) is 0 Å². The zero-order chi connectivity index (χ0) is 16.5. The molecule has 0 amide bonds. The summed E-state index contributed by atoms with van der Waals surface area (Å²) >= 11 is 0. The molecule has 2 aromatic rings. The minimum atomic E-state index is -0.0171. The van der Waals surface area contributed by atoms with Gasteiger partial charge in [-0.2, -0.15) is 0 Å². The summed E-state index contributed by atoms with van der Waals surface area (Å²) in [6.07, 6.45) is 3.98. The molecule has 126 valence electrons. The Kier molecular flexibility index (Phi) is 3.98. The fourth-order valence-electron chi connectivity index (χ4n) is 3.27. The summed E-state index contributed by atoms with van der Waals surface area (Å²) in [6, 6.07) is 0. The quantitative estimate of drug-likeness (QED) is 0.826. The third-order valence-electron chi connectivity index (χ3n) is 4.74. The molecule has 1 N–H and O–H groups in total. The smallest absolute Gasteiger partial charge is 0.331 e. The molecule has 0 radical (unpaired) electrons. The van der Waals surface area contributed by atoms with Crippen molar-refractivity contribution in [1.29, 1.82) is 0 Å². The van der Waals surface area contributed by atoms with Gasteiger partial charge in [-0.25, -0.2) is 14.8 Å². The van der Waals surface area contributed by atoms with Crippen LogP contribution in [0.15, 0.2) is 11.1 Å². The molecule has 2 aromatic heterocycles. The third kappa shape index (κ3) is 2.67. The first kappa shape index (κ1) is 15.2. The SMILES string of the molecule is CC#CCn1c(=O)n(CC2CC2)c2ncnc(N3CCNCC3)c21. The van der Waals surface area contributed by atoms with Gasteiger partial charge in [0.1, 0.15) is 11.8 Å². The van der Waals surface area contributed by atoms with Gasteiger partial charge in [-0.1, -0.05) is 5.92 Å². The number of anilines is 1. The van der Waals surface area contributed by atoms with Gasteiger partial charge in [0.15, 0.2) is 11.5 Å². The molecule has 0 spiro atoms. The van der Waals surface area contributed by atoms with Gasteiger partial charge in [0.2, 0.25) is 0 Å². The Bertz CT molecular complexity index is 861. The lowest BCUT2D eigenvalue weighted by molar-refractivity contribution is 0.585. The third-order valence-corrected chi connectivity index (χ3v) is 4.74. The number of aromatic nitrogens is 4. The average Bonchev–Trinajstić information content (AvgIpc) is 3.40. The maximum Gasteiger partial charge on any atom is 0.331 e. The molecule has 0 aromatic carbocycles. The lowest BCUT2D eigenvalue weighted by Crippen LogP contribution is -2.44. The highest BCUT2D eigenvalue weighted by molar-refractivity contribution is 5.84. The number of nitrogens with one attached hydrogen (secondary N) is 1. The molecule has 4 rings (SSSR count). The van der Waals surface area contributed by atoms with Crippen molar-refractivity contribution < 1.29 is 0 Å². The predicted octanol–water partition coefficient (Wildman–Crippen LogP) is 0.436. The van der Waals surface area contributed by atoms with E-state index in [4.69, 9.17) is 0 Å². The van der Waals surface area contributed by atoms with E-state index in [9.17, 15) is 4.79 Å². The first-order valence-corrected chi connectivity index (χ1v) is 8.59. The molecule has 7 heteroatoms. The van der Waals surface area contributed by atoms with Crippen molar-refractivity contribution >= 4 is 17.0 Å². The molecular weight excluding hydrogens is 304 g/mol. The van der Waals surface area contributed by atoms with Crippen LogP contribution in [0.3, 0.4) is 0 Å². The van der Waals surface area contributed by atoms with Crippen molar-refractivity contribution in [2.45, 2.75) is 32.9 Å². The topological polar surface area (TPSA) is 68.0 Å². The van der Waals surface area contributed by atoms with E-state index in [2.05, 4.69) is 32.0 Å². The summed E-state index contributed by atoms with van der Waals surface area (Å²) in [4.78, 5) is 24.1. The fourth-order valence-corrected chi connectivity index (χ4v) is 3.27. The molecule has 1 aliphatic carbocycles. The Morgan fingerprint density at radius 1 is 1.25 bits per heavy atom. The summed E-state index contributed by atoms with van der Waals surface area (Å²) in [7, 11) is 0. The van der Waals surface area contributed by atoms with E-state index in [1.165, 1.54) is 12.8 Å². The molecule has 2 fully saturated rings. The number of rotatable bonds is 4. The Labute approximate surface area is 140 Å². The summed E-state index contributed by atoms with van der Waals surface area (Å²) < 4.78 is 3.56. The molecule has 24 heavy (non-hydrogen) atoms. The van der Waals surface area contributed by atoms with Crippen LogP contribution in [0.2, 0.25) is 0 Å². The van der Waals surface area contributed by atoms with Crippen LogP contribution in [0.4, 0.5) is 5.82 Å². The predicted molar refractivity (Wildman–Crippen MR) is 93.0 cm³/mol. The van der Waals surface area contributed by atoms with Crippen LogP contribution >= 0.6 is 0 Å². The number of nitrogens with zero attached hydrogens (tertiary/aromatic N) is 5. The number of imidazole rings is 1. The highest BCUT2D eigenvalue weighted by atomic mass is 16.1. The summed E-state index contributed by atoms with van der Waals surface area (Å²) in [5.41, 5.74) is 1.55. The van der Waals surface area contributed by atoms with Crippen molar-refractivity contribution in [3.05, 3.63) is 16.8 Å². The van der Waals surface area contributed by atoms with Crippen LogP contribution in [0.1, 0.15) is 19.8 Å². The van der Waals surface area contributed by atoms with E-state index in [0.717, 1.165) is 49.7 Å². The Morgan fingerprint density at radius 2 is 2.04 bits per heavy atom. The second-order valence-electron chi connectivity index (χ2n) is 6.46. The van der Waals surface area contributed by atoms with E-state index in [-0.39, 0.29) is 5.69 Å². The zero-order valence-electron chi connectivity index (χ0n) is 14.0. The molecule has 1 saturated heterocycles. The number of piperazine rings is 1. The molecule has 1 aliphatic heterocycles. The van der Waals surface area contributed by atoms with Gasteiger partial charge < -0.3 is 10.2 Å². The average molecular weight is 326 g/mol. The molecule has 2 aliphatic rings. The Morgan fingerprint density at radius 3 is 2.75 bits per heavy atom. The van der Waals surface area contributed by atoms with Crippen molar-refractivity contribution in [1.82, 2.24) is 24.4 Å².